The van der Waals surface area contributed by atoms with E-state index in [2.05, 4.69) is 0 Å². The highest BCUT2D eigenvalue weighted by Gasteiger charge is 2.48. The fourth-order valence-electron chi connectivity index (χ4n) is 7.69. The number of carbonyl (C=O) groups is 2. The summed E-state index contributed by atoms with van der Waals surface area (Å²) < 4.78 is 19.1. The van der Waals surface area contributed by atoms with E-state index >= 15 is 0 Å². The highest BCUT2D eigenvalue weighted by atomic mass is 28.4. The van der Waals surface area contributed by atoms with Crippen molar-refractivity contribution in [1.82, 2.24) is 4.90 Å². The van der Waals surface area contributed by atoms with Crippen molar-refractivity contribution in [1.29, 1.82) is 0 Å². The molecule has 0 aliphatic carbocycles. The van der Waals surface area contributed by atoms with E-state index in [-0.39, 0.29) is 36.8 Å². The van der Waals surface area contributed by atoms with Crippen molar-refractivity contribution < 1.29 is 33.7 Å². The first-order valence-corrected chi connectivity index (χ1v) is 19.8. The summed E-state index contributed by atoms with van der Waals surface area (Å²) in [6.45, 7) is 6.00. The van der Waals surface area contributed by atoms with Gasteiger partial charge < -0.3 is 29.0 Å². The number of aliphatic hydroxyl groups excluding tert-OH is 1. The molecular weight excluding hydrogens is 637 g/mol. The van der Waals surface area contributed by atoms with Crippen LogP contribution in [0.5, 0.6) is 17.2 Å². The van der Waals surface area contributed by atoms with Crippen LogP contribution < -0.4 is 14.4 Å². The van der Waals surface area contributed by atoms with Crippen molar-refractivity contribution in [3.05, 3.63) is 113 Å². The summed E-state index contributed by atoms with van der Waals surface area (Å²) in [6.07, 6.45) is -0.270. The van der Waals surface area contributed by atoms with Gasteiger partial charge in [0.05, 0.1) is 35.7 Å². The maximum Gasteiger partial charge on any atom is 0.266 e. The molecule has 254 valence electrons. The molecule has 2 N–H and O–H groups in total. The van der Waals surface area contributed by atoms with Gasteiger partial charge in [-0.1, -0.05) is 55.5 Å². The Morgan fingerprint density at radius 3 is 2.39 bits per heavy atom. The van der Waals surface area contributed by atoms with E-state index in [1.807, 2.05) is 98.9 Å². The highest BCUT2D eigenvalue weighted by molar-refractivity contribution is 6.71. The number of nitrogens with zero attached hydrogens (tertiary/aromatic N) is 2. The monoisotopic (exact) mass is 678 g/mol. The number of hydrogen-bond donors (Lipinski definition) is 2. The van der Waals surface area contributed by atoms with Crippen LogP contribution in [0, 0.1) is 5.92 Å². The lowest BCUT2D eigenvalue weighted by molar-refractivity contribution is -0.136. The Labute approximate surface area is 287 Å². The van der Waals surface area contributed by atoms with Crippen LogP contribution in [-0.4, -0.2) is 60.8 Å². The summed E-state index contributed by atoms with van der Waals surface area (Å²) in [7, 11) is -1.34. The predicted octanol–water partition coefficient (Wildman–Crippen LogP) is 6.76. The van der Waals surface area contributed by atoms with E-state index in [9.17, 15) is 19.5 Å². The Hall–Kier alpha value is -4.48. The largest absolute Gasteiger partial charge is 0.490 e. The van der Waals surface area contributed by atoms with Crippen molar-refractivity contribution in [2.75, 3.05) is 18.6 Å². The van der Waals surface area contributed by atoms with Crippen LogP contribution in [-0.2, 0) is 22.5 Å². The van der Waals surface area contributed by atoms with Crippen LogP contribution >= 0.6 is 0 Å². The molecule has 0 spiro atoms. The normalized spacial score (nSPS) is 22.0. The molecule has 3 heterocycles. The summed E-state index contributed by atoms with van der Waals surface area (Å²) in [6, 6.07) is 28.0. The molecule has 1 unspecified atom stereocenters. The molecule has 5 atom stereocenters. The first kappa shape index (κ1) is 33.0. The number of methoxy groups -OCH3 is 1. The standard InChI is InChI=1S/C39H42N2O7Si/c1-24-37(46-2)30-20-27(41-31-14-8-10-16-34(31)47-32-15-9-7-13-29(32)39(41)44)17-18-33(30)48-38(24)35(49(3,4)45)21-36(43)40-22-26-12-6-5-11-25(26)19-28(40)23-42/h5-18,20,24,28,35,37-38,42,45H,19,21-23H2,1-4H3/t24-,28+,35?,37-,38-/m1/s1. The summed E-state index contributed by atoms with van der Waals surface area (Å²) in [5.74, 6) is 1.07. The van der Waals surface area contributed by atoms with Crippen molar-refractivity contribution >= 4 is 31.5 Å². The molecule has 7 rings (SSSR count). The van der Waals surface area contributed by atoms with E-state index in [0.29, 0.717) is 47.2 Å². The number of benzene rings is 4. The number of para-hydroxylation sites is 3. The molecular formula is C39H42N2O7Si. The number of hydrogen-bond acceptors (Lipinski definition) is 7. The summed E-state index contributed by atoms with van der Waals surface area (Å²) in [5.41, 5.74) is 4.25. The molecule has 0 radical (unpaired) electrons. The molecule has 0 saturated heterocycles. The van der Waals surface area contributed by atoms with E-state index in [1.165, 1.54) is 0 Å². The molecule has 2 amide bonds. The van der Waals surface area contributed by atoms with Crippen LogP contribution in [0.25, 0.3) is 0 Å². The van der Waals surface area contributed by atoms with Gasteiger partial charge in [0.1, 0.15) is 17.6 Å². The third-order valence-electron chi connectivity index (χ3n) is 10.3. The zero-order chi connectivity index (χ0) is 34.4. The zero-order valence-electron chi connectivity index (χ0n) is 28.2. The molecule has 10 heteroatoms. The molecule has 0 fully saturated rings. The second-order valence-corrected chi connectivity index (χ2v) is 17.9. The lowest BCUT2D eigenvalue weighted by Crippen LogP contribution is -2.52. The first-order chi connectivity index (χ1) is 23.6. The number of fused-ring (bicyclic) bond motifs is 4. The van der Waals surface area contributed by atoms with Crippen LogP contribution in [0.3, 0.4) is 0 Å². The number of rotatable bonds is 7. The number of ether oxygens (including phenoxy) is 3. The molecule has 3 aliphatic rings. The Kier molecular flexibility index (Phi) is 8.83. The lowest BCUT2D eigenvalue weighted by Gasteiger charge is -2.44. The summed E-state index contributed by atoms with van der Waals surface area (Å²) in [4.78, 5) is 43.2. The van der Waals surface area contributed by atoms with Gasteiger partial charge in [-0.25, -0.2) is 0 Å². The van der Waals surface area contributed by atoms with Gasteiger partial charge in [0.15, 0.2) is 14.1 Å². The van der Waals surface area contributed by atoms with Gasteiger partial charge in [-0.05, 0) is 73.1 Å². The summed E-state index contributed by atoms with van der Waals surface area (Å²) >= 11 is 0. The van der Waals surface area contributed by atoms with E-state index in [0.717, 1.165) is 16.7 Å². The minimum absolute atomic E-state index is 0.0890. The zero-order valence-corrected chi connectivity index (χ0v) is 29.2. The van der Waals surface area contributed by atoms with Crippen LogP contribution in [0.2, 0.25) is 18.6 Å². The third kappa shape index (κ3) is 6.03. The average Bonchev–Trinajstić information content (AvgIpc) is 3.22. The maximum atomic E-state index is 14.1. The lowest BCUT2D eigenvalue weighted by atomic mass is 9.86. The SMILES string of the molecule is CO[C@H]1c2cc(N3C(=O)c4ccccc4Oc4ccccc43)ccc2O[C@@H](C(CC(=O)N2Cc3ccccc3C[C@H]2CO)[Si](C)(C)O)[C@@H]1C. The van der Waals surface area contributed by atoms with Crippen molar-refractivity contribution in [3.63, 3.8) is 0 Å². The van der Waals surface area contributed by atoms with E-state index in [4.69, 9.17) is 14.2 Å². The van der Waals surface area contributed by atoms with E-state index < -0.39 is 26.1 Å². The fraction of sp³-hybridized carbons (Fsp3) is 0.333. The van der Waals surface area contributed by atoms with Gasteiger partial charge >= 0.3 is 0 Å². The molecule has 4 aromatic carbocycles. The Morgan fingerprint density at radius 2 is 1.65 bits per heavy atom. The van der Waals surface area contributed by atoms with Crippen molar-refractivity contribution in [2.24, 2.45) is 5.92 Å². The Bertz CT molecular complexity index is 1890. The summed E-state index contributed by atoms with van der Waals surface area (Å²) in [5, 5.41) is 10.2. The molecule has 0 aromatic heterocycles. The van der Waals surface area contributed by atoms with Crippen molar-refractivity contribution in [3.8, 4) is 17.2 Å². The second kappa shape index (κ2) is 13.1. The Morgan fingerprint density at radius 1 is 0.959 bits per heavy atom. The number of aliphatic hydroxyl groups is 1. The van der Waals surface area contributed by atoms with Gasteiger partial charge in [-0.15, -0.1) is 0 Å². The van der Waals surface area contributed by atoms with Gasteiger partial charge in [-0.3, -0.25) is 14.5 Å². The molecule has 4 aromatic rings. The topological polar surface area (TPSA) is 109 Å². The fourth-order valence-corrected chi connectivity index (χ4v) is 9.53. The molecule has 0 bridgehead atoms. The first-order valence-electron chi connectivity index (χ1n) is 16.8. The van der Waals surface area contributed by atoms with Gasteiger partial charge in [0, 0.05) is 37.1 Å². The van der Waals surface area contributed by atoms with Gasteiger partial charge in [0.2, 0.25) is 5.91 Å². The minimum atomic E-state index is -2.99. The maximum absolute atomic E-state index is 14.1. The quantitative estimate of drug-likeness (QED) is 0.208. The Balaban J connectivity index is 1.21. The third-order valence-corrected chi connectivity index (χ3v) is 12.6. The smallest absolute Gasteiger partial charge is 0.266 e. The predicted molar refractivity (Wildman–Crippen MR) is 189 cm³/mol. The van der Waals surface area contributed by atoms with Crippen molar-refractivity contribution in [2.45, 2.75) is 63.2 Å². The average molecular weight is 679 g/mol. The highest BCUT2D eigenvalue weighted by Crippen LogP contribution is 2.49. The second-order valence-electron chi connectivity index (χ2n) is 13.8. The number of amides is 2. The van der Waals surface area contributed by atoms with Crippen LogP contribution in [0.15, 0.2) is 91.0 Å². The van der Waals surface area contributed by atoms with Crippen LogP contribution in [0.4, 0.5) is 11.4 Å². The molecule has 0 saturated carbocycles. The van der Waals surface area contributed by atoms with Gasteiger partial charge in [0.25, 0.3) is 5.91 Å². The number of carbonyl (C=O) groups excluding carboxylic acids is 2. The van der Waals surface area contributed by atoms with Crippen LogP contribution in [0.1, 0.15) is 46.5 Å². The number of anilines is 2. The minimum Gasteiger partial charge on any atom is -0.490 e. The molecule has 9 nitrogen and oxygen atoms in total. The molecule has 3 aliphatic heterocycles. The van der Waals surface area contributed by atoms with Gasteiger partial charge in [-0.2, -0.15) is 0 Å². The molecule has 49 heavy (non-hydrogen) atoms. The van der Waals surface area contributed by atoms with E-state index in [1.54, 1.807) is 29.0 Å².